The van der Waals surface area contributed by atoms with Gasteiger partial charge in [0.1, 0.15) is 85.1 Å². The topological polar surface area (TPSA) is 69.9 Å². The predicted molar refractivity (Wildman–Crippen MR) is 248 cm³/mol. The van der Waals surface area contributed by atoms with Crippen LogP contribution >= 0.6 is 0 Å². The van der Waals surface area contributed by atoms with Crippen LogP contribution in [0.4, 0.5) is 0 Å². The molecule has 254 valence electrons. The van der Waals surface area contributed by atoms with E-state index < -0.39 is 0 Å². The smallest absolute Gasteiger partial charge is 0.167 e. The highest BCUT2D eigenvalue weighted by Crippen LogP contribution is 2.38. The molecule has 16 radical (unpaired) electrons. The Bertz CT molecular complexity index is 3540. The highest BCUT2D eigenvalue weighted by atomic mass is 16.3. The third-order valence-electron chi connectivity index (χ3n) is 11.2. The van der Waals surface area contributed by atoms with Crippen molar-refractivity contribution >= 4 is 172 Å². The van der Waals surface area contributed by atoms with E-state index in [0.717, 1.165) is 43.8 Å². The second-order valence-corrected chi connectivity index (χ2v) is 14.5. The van der Waals surface area contributed by atoms with Gasteiger partial charge in [0.05, 0.1) is 5.56 Å². The predicted octanol–water partition coefficient (Wildman–Crippen LogP) is 2.12. The Morgan fingerprint density at radius 3 is 1.63 bits per heavy atom. The Balaban J connectivity index is 1.10. The zero-order valence-corrected chi connectivity index (χ0v) is 31.1. The van der Waals surface area contributed by atoms with Crippen molar-refractivity contribution in [2.75, 3.05) is 0 Å². The van der Waals surface area contributed by atoms with Crippen LogP contribution in [0.2, 0.25) is 0 Å². The molecule has 7 aromatic carbocycles. The SMILES string of the molecule is [B]c1c([B])c([B])c2c(c1[B])c1c([B])c([B])c([B])c([B])c1n2-c1ccc2c(c1)oc1cc(-c3nc(-c4ccccc4)nc(-c4cccc5c4oc4ccccc45)n3)ccc12. The van der Waals surface area contributed by atoms with Crippen LogP contribution in [0.15, 0.2) is 118 Å². The van der Waals surface area contributed by atoms with Gasteiger partial charge in [0.15, 0.2) is 17.5 Å². The molecule has 0 aliphatic carbocycles. The average Bonchev–Trinajstić information content (AvgIpc) is 3.96. The van der Waals surface area contributed by atoms with Crippen molar-refractivity contribution in [1.82, 2.24) is 19.5 Å². The summed E-state index contributed by atoms with van der Waals surface area (Å²) in [5.41, 5.74) is 7.77. The van der Waals surface area contributed by atoms with E-state index in [2.05, 4.69) is 0 Å². The monoisotopic (exact) mass is 734 g/mol. The molecule has 0 N–H and O–H groups in total. The molecule has 0 amide bonds. The molecule has 14 heteroatoms. The van der Waals surface area contributed by atoms with Gasteiger partial charge in [-0.2, -0.15) is 0 Å². The van der Waals surface area contributed by atoms with Gasteiger partial charge in [-0.15, -0.1) is 21.9 Å². The van der Waals surface area contributed by atoms with E-state index in [0.29, 0.717) is 61.7 Å². The second-order valence-electron chi connectivity index (χ2n) is 14.5. The van der Waals surface area contributed by atoms with Gasteiger partial charge >= 0.3 is 0 Å². The molecule has 0 atom stereocenters. The summed E-state index contributed by atoms with van der Waals surface area (Å²) in [4.78, 5) is 15.0. The molecule has 0 unspecified atom stereocenters. The van der Waals surface area contributed by atoms with E-state index in [-0.39, 0.29) is 43.7 Å². The maximum absolute atomic E-state index is 6.68. The molecule has 0 saturated carbocycles. The molecule has 0 aliphatic rings. The minimum atomic E-state index is 0.124. The van der Waals surface area contributed by atoms with Crippen molar-refractivity contribution in [2.24, 2.45) is 0 Å². The Morgan fingerprint density at radius 1 is 0.390 bits per heavy atom. The lowest BCUT2D eigenvalue weighted by molar-refractivity contribution is 0.668. The Morgan fingerprint density at radius 2 is 0.932 bits per heavy atom. The Kier molecular flexibility index (Phi) is 7.84. The molecule has 4 aromatic heterocycles. The highest BCUT2D eigenvalue weighted by molar-refractivity contribution is 6.71. The molecule has 11 rings (SSSR count). The maximum atomic E-state index is 6.68. The van der Waals surface area contributed by atoms with Crippen LogP contribution in [-0.4, -0.2) is 82.3 Å². The summed E-state index contributed by atoms with van der Waals surface area (Å²) in [6.45, 7) is 0. The molecule has 0 saturated heterocycles. The van der Waals surface area contributed by atoms with Gasteiger partial charge < -0.3 is 13.4 Å². The zero-order chi connectivity index (χ0) is 40.4. The molecular weight excluding hydrogens is 715 g/mol. The average molecular weight is 733 g/mol. The number of aromatic nitrogens is 4. The number of rotatable bonds is 4. The summed E-state index contributed by atoms with van der Waals surface area (Å²) in [6, 6.07) is 35.4. The van der Waals surface area contributed by atoms with Gasteiger partial charge in [0.25, 0.3) is 0 Å². The summed E-state index contributed by atoms with van der Waals surface area (Å²) in [6.07, 6.45) is 0. The molecule has 4 heterocycles. The minimum Gasteiger partial charge on any atom is -0.456 e. The number of nitrogens with zero attached hydrogens (tertiary/aromatic N) is 4. The number of para-hydroxylation sites is 2. The molecule has 0 bridgehead atoms. The van der Waals surface area contributed by atoms with Gasteiger partial charge in [-0.3, -0.25) is 0 Å². The highest BCUT2D eigenvalue weighted by Gasteiger charge is 2.24. The number of furan rings is 2. The Hall–Kier alpha value is -6.53. The third kappa shape index (κ3) is 5.14. The van der Waals surface area contributed by atoms with Crippen LogP contribution in [-0.2, 0) is 0 Å². The first-order valence-corrected chi connectivity index (χ1v) is 18.6. The first-order chi connectivity index (χ1) is 28.6. The van der Waals surface area contributed by atoms with Crippen LogP contribution in [0.5, 0.6) is 0 Å². The number of hydrogen-bond donors (Lipinski definition) is 0. The van der Waals surface area contributed by atoms with Crippen LogP contribution in [0, 0.1) is 0 Å². The number of benzene rings is 7. The fourth-order valence-electron chi connectivity index (χ4n) is 8.28. The van der Waals surface area contributed by atoms with E-state index in [4.69, 9.17) is 86.6 Å². The van der Waals surface area contributed by atoms with E-state index in [9.17, 15) is 0 Å². The first-order valence-electron chi connectivity index (χ1n) is 18.6. The molecular formula is C45H18B8N4O2. The second kappa shape index (κ2) is 13.0. The van der Waals surface area contributed by atoms with Crippen LogP contribution < -0.4 is 43.7 Å². The lowest BCUT2D eigenvalue weighted by atomic mass is 9.63. The van der Waals surface area contributed by atoms with Crippen LogP contribution in [0.1, 0.15) is 0 Å². The van der Waals surface area contributed by atoms with Crippen molar-refractivity contribution in [3.05, 3.63) is 109 Å². The molecule has 59 heavy (non-hydrogen) atoms. The minimum absolute atomic E-state index is 0.124. The Labute approximate surface area is 348 Å². The first kappa shape index (κ1) is 35.6. The van der Waals surface area contributed by atoms with E-state index in [1.807, 2.05) is 114 Å². The third-order valence-corrected chi connectivity index (χ3v) is 11.2. The standard InChI is InChI=1S/C45H18B8N4O2/c46-32-30-31-33(47)35(49)37(51)39(53)41(31)57(40(30)38(52)36(50)34(32)48)21-14-16-24-23-15-13-20(17-28(23)58-29(24)18-21)44-54-43(19-7-2-1-3-8-19)55-45(56-44)26-11-6-10-25-22-9-4-5-12-27(22)59-42(25)26/h1-18H. The van der Waals surface area contributed by atoms with Crippen molar-refractivity contribution < 1.29 is 8.83 Å². The largest absolute Gasteiger partial charge is 0.456 e. The summed E-state index contributed by atoms with van der Waals surface area (Å²) < 4.78 is 14.8. The normalized spacial score (nSPS) is 11.9. The van der Waals surface area contributed by atoms with Gasteiger partial charge in [0, 0.05) is 55.5 Å². The fraction of sp³-hybridized carbons (Fsp3) is 0. The summed E-state index contributed by atoms with van der Waals surface area (Å²) >= 11 is 0. The molecule has 0 fully saturated rings. The van der Waals surface area contributed by atoms with Gasteiger partial charge in [0.2, 0.25) is 0 Å². The zero-order valence-electron chi connectivity index (χ0n) is 31.1. The van der Waals surface area contributed by atoms with Crippen molar-refractivity contribution in [3.8, 4) is 39.9 Å². The van der Waals surface area contributed by atoms with Gasteiger partial charge in [-0.25, -0.2) is 15.0 Å². The quantitative estimate of drug-likeness (QED) is 0.260. The van der Waals surface area contributed by atoms with Crippen LogP contribution in [0.25, 0.3) is 106 Å². The van der Waals surface area contributed by atoms with Gasteiger partial charge in [-0.05, 0) is 47.2 Å². The van der Waals surface area contributed by atoms with Crippen molar-refractivity contribution in [3.63, 3.8) is 0 Å². The molecule has 0 aliphatic heterocycles. The maximum Gasteiger partial charge on any atom is 0.167 e. The summed E-state index contributed by atoms with van der Waals surface area (Å²) in [7, 11) is 52.0. The molecule has 6 nitrogen and oxygen atoms in total. The lowest BCUT2D eigenvalue weighted by Gasteiger charge is -2.17. The van der Waals surface area contributed by atoms with E-state index >= 15 is 0 Å². The lowest BCUT2D eigenvalue weighted by Crippen LogP contribution is -2.49. The number of hydrogen-bond acceptors (Lipinski definition) is 5. The van der Waals surface area contributed by atoms with E-state index in [1.165, 1.54) is 0 Å². The van der Waals surface area contributed by atoms with Crippen molar-refractivity contribution in [1.29, 1.82) is 0 Å². The fourth-order valence-corrected chi connectivity index (χ4v) is 8.28. The summed E-state index contributed by atoms with van der Waals surface area (Å²) in [5.74, 6) is 1.46. The van der Waals surface area contributed by atoms with Gasteiger partial charge in [-0.1, -0.05) is 88.6 Å². The summed E-state index contributed by atoms with van der Waals surface area (Å²) in [5, 5.41) is 4.64. The molecule has 0 spiro atoms. The number of fused-ring (bicyclic) bond motifs is 9. The van der Waals surface area contributed by atoms with E-state index in [1.54, 1.807) is 0 Å². The van der Waals surface area contributed by atoms with Crippen molar-refractivity contribution in [2.45, 2.75) is 0 Å². The molecule has 11 aromatic rings. The van der Waals surface area contributed by atoms with Crippen LogP contribution in [0.3, 0.4) is 0 Å².